The molecule has 144 valence electrons. The minimum absolute atomic E-state index is 0.0802. The summed E-state index contributed by atoms with van der Waals surface area (Å²) in [5.41, 5.74) is 1.75. The zero-order chi connectivity index (χ0) is 19.2. The van der Waals surface area contributed by atoms with Crippen LogP contribution in [0.3, 0.4) is 0 Å². The van der Waals surface area contributed by atoms with Gasteiger partial charge in [0, 0.05) is 18.7 Å². The smallest absolute Gasteiger partial charge is 0.271 e. The summed E-state index contributed by atoms with van der Waals surface area (Å²) in [4.78, 5) is 14.1. The van der Waals surface area contributed by atoms with Crippen molar-refractivity contribution in [2.24, 2.45) is 5.92 Å². The van der Waals surface area contributed by atoms with E-state index >= 15 is 0 Å². The van der Waals surface area contributed by atoms with Gasteiger partial charge in [-0.3, -0.25) is 9.89 Å². The molecule has 2 aliphatic rings. The number of benzene rings is 1. The van der Waals surface area contributed by atoms with Gasteiger partial charge in [-0.2, -0.15) is 5.10 Å². The van der Waals surface area contributed by atoms with Gasteiger partial charge in [0.15, 0.2) is 21.3 Å². The van der Waals surface area contributed by atoms with Crippen molar-refractivity contribution in [3.05, 3.63) is 30.0 Å². The molecule has 0 bridgehead atoms. The summed E-state index contributed by atoms with van der Waals surface area (Å²) < 4.78 is 35.1. The van der Waals surface area contributed by atoms with Crippen LogP contribution in [0.1, 0.15) is 24.3 Å². The molecule has 1 fully saturated rings. The first-order valence-corrected chi connectivity index (χ1v) is 10.5. The zero-order valence-electron chi connectivity index (χ0n) is 15.1. The highest BCUT2D eigenvalue weighted by molar-refractivity contribution is 7.92. The molecular formula is C18H21N3O5S. The summed E-state index contributed by atoms with van der Waals surface area (Å²) in [7, 11) is -3.16. The number of hydrogen-bond donors (Lipinski definition) is 1. The van der Waals surface area contributed by atoms with E-state index in [0.717, 1.165) is 5.56 Å². The fourth-order valence-corrected chi connectivity index (χ4v) is 5.25. The Morgan fingerprint density at radius 1 is 1.26 bits per heavy atom. The van der Waals surface area contributed by atoms with Gasteiger partial charge in [-0.05, 0) is 30.2 Å². The third-order valence-corrected chi connectivity index (χ3v) is 7.13. The Kier molecular flexibility index (Phi) is 4.33. The van der Waals surface area contributed by atoms with E-state index in [1.54, 1.807) is 12.1 Å². The Hall–Kier alpha value is -2.55. The molecule has 1 aromatic carbocycles. The highest BCUT2D eigenvalue weighted by Crippen LogP contribution is 2.35. The molecule has 1 saturated heterocycles. The standard InChI is InChI=1S/C18H21N3O5S/c1-11(2)9-27(23,24)13-7-21(8-13)18(22)15-6-14(19-20-15)12-3-4-16-17(5-12)26-10-25-16/h3-6,11,13H,7-10H2,1-2H3,(H,19,20). The van der Waals surface area contributed by atoms with E-state index in [4.69, 9.17) is 9.47 Å². The third-order valence-electron chi connectivity index (χ3n) is 4.69. The predicted molar refractivity (Wildman–Crippen MR) is 98.5 cm³/mol. The number of amides is 1. The van der Waals surface area contributed by atoms with Gasteiger partial charge in [0.1, 0.15) is 5.69 Å². The number of nitrogens with zero attached hydrogens (tertiary/aromatic N) is 2. The lowest BCUT2D eigenvalue weighted by atomic mass is 10.1. The minimum Gasteiger partial charge on any atom is -0.454 e. The first-order chi connectivity index (χ1) is 12.8. The number of rotatable bonds is 5. The van der Waals surface area contributed by atoms with Crippen LogP contribution in [0.4, 0.5) is 0 Å². The number of sulfone groups is 1. The van der Waals surface area contributed by atoms with Gasteiger partial charge in [0.25, 0.3) is 5.91 Å². The zero-order valence-corrected chi connectivity index (χ0v) is 16.0. The normalized spacial score (nSPS) is 16.6. The van der Waals surface area contributed by atoms with Gasteiger partial charge in [-0.15, -0.1) is 0 Å². The number of H-pyrrole nitrogens is 1. The quantitative estimate of drug-likeness (QED) is 0.832. The van der Waals surface area contributed by atoms with Crippen molar-refractivity contribution in [2.75, 3.05) is 25.6 Å². The predicted octanol–water partition coefficient (Wildman–Crippen LogP) is 1.70. The second-order valence-electron chi connectivity index (χ2n) is 7.29. The number of aromatic nitrogens is 2. The third kappa shape index (κ3) is 3.39. The van der Waals surface area contributed by atoms with Gasteiger partial charge in [-0.25, -0.2) is 8.42 Å². The van der Waals surface area contributed by atoms with Crippen molar-refractivity contribution >= 4 is 15.7 Å². The second kappa shape index (κ2) is 6.56. The van der Waals surface area contributed by atoms with Crippen LogP contribution >= 0.6 is 0 Å². The maximum atomic E-state index is 12.6. The molecule has 2 aliphatic heterocycles. The van der Waals surface area contributed by atoms with Crippen molar-refractivity contribution in [1.29, 1.82) is 0 Å². The molecule has 1 aromatic heterocycles. The summed E-state index contributed by atoms with van der Waals surface area (Å²) in [6, 6.07) is 7.12. The van der Waals surface area contributed by atoms with Crippen LogP contribution in [-0.2, 0) is 9.84 Å². The highest BCUT2D eigenvalue weighted by atomic mass is 32.2. The molecule has 0 saturated carbocycles. The van der Waals surface area contributed by atoms with Crippen LogP contribution in [0.15, 0.2) is 24.3 Å². The molecule has 0 unspecified atom stereocenters. The molecule has 0 aliphatic carbocycles. The Morgan fingerprint density at radius 3 is 2.74 bits per heavy atom. The molecule has 1 N–H and O–H groups in total. The van der Waals surface area contributed by atoms with Crippen molar-refractivity contribution in [3.63, 3.8) is 0 Å². The topological polar surface area (TPSA) is 102 Å². The molecule has 0 radical (unpaired) electrons. The Bertz CT molecular complexity index is 977. The average Bonchev–Trinajstić information content (AvgIpc) is 3.20. The van der Waals surface area contributed by atoms with E-state index in [1.807, 2.05) is 26.0 Å². The lowest BCUT2D eigenvalue weighted by molar-refractivity contribution is 0.0652. The monoisotopic (exact) mass is 391 g/mol. The first-order valence-electron chi connectivity index (χ1n) is 8.80. The molecule has 4 rings (SSSR count). The number of aromatic amines is 1. The van der Waals surface area contributed by atoms with E-state index in [2.05, 4.69) is 10.2 Å². The molecule has 3 heterocycles. The molecule has 0 spiro atoms. The lowest BCUT2D eigenvalue weighted by Gasteiger charge is -2.38. The summed E-state index contributed by atoms with van der Waals surface area (Å²) in [5.74, 6) is 1.31. The van der Waals surface area contributed by atoms with Gasteiger partial charge < -0.3 is 14.4 Å². The maximum Gasteiger partial charge on any atom is 0.271 e. The van der Waals surface area contributed by atoms with Crippen LogP contribution in [0, 0.1) is 5.92 Å². The van der Waals surface area contributed by atoms with Crippen LogP contribution in [0.25, 0.3) is 11.3 Å². The molecular weight excluding hydrogens is 370 g/mol. The van der Waals surface area contributed by atoms with Crippen LogP contribution in [0.2, 0.25) is 0 Å². The van der Waals surface area contributed by atoms with E-state index in [1.165, 1.54) is 4.90 Å². The summed E-state index contributed by atoms with van der Waals surface area (Å²) >= 11 is 0. The second-order valence-corrected chi connectivity index (χ2v) is 9.62. The molecule has 0 atom stereocenters. The molecule has 9 heteroatoms. The fourth-order valence-electron chi connectivity index (χ4n) is 3.24. The molecule has 27 heavy (non-hydrogen) atoms. The van der Waals surface area contributed by atoms with E-state index < -0.39 is 15.1 Å². The van der Waals surface area contributed by atoms with Gasteiger partial charge in [0.2, 0.25) is 6.79 Å². The molecule has 1 amide bonds. The lowest BCUT2D eigenvalue weighted by Crippen LogP contribution is -2.57. The Labute approximate surface area is 157 Å². The van der Waals surface area contributed by atoms with Crippen molar-refractivity contribution < 1.29 is 22.7 Å². The number of likely N-dealkylation sites (tertiary alicyclic amines) is 1. The number of carbonyl (C=O) groups excluding carboxylic acids is 1. The van der Waals surface area contributed by atoms with E-state index in [-0.39, 0.29) is 37.5 Å². The van der Waals surface area contributed by atoms with Crippen molar-refractivity contribution in [1.82, 2.24) is 15.1 Å². The van der Waals surface area contributed by atoms with Crippen LogP contribution in [-0.4, -0.2) is 60.3 Å². The number of nitrogens with one attached hydrogen (secondary N) is 1. The summed E-state index contributed by atoms with van der Waals surface area (Å²) in [6.07, 6.45) is 0. The Morgan fingerprint density at radius 2 is 2.00 bits per heavy atom. The fraction of sp³-hybridized carbons (Fsp3) is 0.444. The largest absolute Gasteiger partial charge is 0.454 e. The van der Waals surface area contributed by atoms with E-state index in [9.17, 15) is 13.2 Å². The van der Waals surface area contributed by atoms with Gasteiger partial charge >= 0.3 is 0 Å². The summed E-state index contributed by atoms with van der Waals surface area (Å²) in [5, 5.41) is 6.47. The first kappa shape index (κ1) is 17.8. The highest BCUT2D eigenvalue weighted by Gasteiger charge is 2.40. The van der Waals surface area contributed by atoms with Crippen molar-refractivity contribution in [3.8, 4) is 22.8 Å². The average molecular weight is 391 g/mol. The van der Waals surface area contributed by atoms with Crippen LogP contribution < -0.4 is 9.47 Å². The molecule has 2 aromatic rings. The van der Waals surface area contributed by atoms with Crippen molar-refractivity contribution in [2.45, 2.75) is 19.1 Å². The number of hydrogen-bond acceptors (Lipinski definition) is 6. The van der Waals surface area contributed by atoms with Gasteiger partial charge in [0.05, 0.1) is 16.7 Å². The Balaban J connectivity index is 1.43. The number of ether oxygens (including phenoxy) is 2. The maximum absolute atomic E-state index is 12.6. The molecule has 8 nitrogen and oxygen atoms in total. The van der Waals surface area contributed by atoms with Gasteiger partial charge in [-0.1, -0.05) is 13.8 Å². The summed E-state index contributed by atoms with van der Waals surface area (Å²) in [6.45, 7) is 4.40. The number of carbonyl (C=O) groups is 1. The van der Waals surface area contributed by atoms with E-state index in [0.29, 0.717) is 22.9 Å². The van der Waals surface area contributed by atoms with Crippen LogP contribution in [0.5, 0.6) is 11.5 Å². The number of fused-ring (bicyclic) bond motifs is 1. The SMILES string of the molecule is CC(C)CS(=O)(=O)C1CN(C(=O)c2cc(-c3ccc4c(c3)OCO4)n[nH]2)C1. The minimum atomic E-state index is -3.16.